The third kappa shape index (κ3) is 5.06. The second-order valence-corrected chi connectivity index (χ2v) is 6.65. The summed E-state index contributed by atoms with van der Waals surface area (Å²) in [6.07, 6.45) is 5.42. The second-order valence-electron chi connectivity index (χ2n) is 6.65. The van der Waals surface area contributed by atoms with E-state index in [1.165, 1.54) is 12.8 Å². The number of likely N-dealkylation sites (tertiary alicyclic amines) is 1. The summed E-state index contributed by atoms with van der Waals surface area (Å²) in [6, 6.07) is 4.01. The monoisotopic (exact) mass is 349 g/mol. The maximum absolute atomic E-state index is 6.32. The van der Waals surface area contributed by atoms with Crippen molar-refractivity contribution in [2.75, 3.05) is 50.8 Å². The van der Waals surface area contributed by atoms with Gasteiger partial charge in [0.2, 0.25) is 0 Å². The molecule has 0 aromatic carbocycles. The van der Waals surface area contributed by atoms with Crippen LogP contribution in [0.3, 0.4) is 0 Å². The normalized spacial score (nSPS) is 21.4. The van der Waals surface area contributed by atoms with E-state index in [0.29, 0.717) is 13.2 Å². The van der Waals surface area contributed by atoms with Crippen LogP contribution in [0.1, 0.15) is 33.1 Å². The van der Waals surface area contributed by atoms with E-state index >= 15 is 0 Å². The highest BCUT2D eigenvalue weighted by molar-refractivity contribution is 5.52. The lowest BCUT2D eigenvalue weighted by Crippen LogP contribution is -2.35. The average Bonchev–Trinajstić information content (AvgIpc) is 3.28. The minimum Gasteiger partial charge on any atom is -0.485 e. The summed E-state index contributed by atoms with van der Waals surface area (Å²) in [5.74, 6) is 1.92. The molecule has 0 bridgehead atoms. The third-order valence-corrected chi connectivity index (χ3v) is 4.79. The van der Waals surface area contributed by atoms with E-state index in [2.05, 4.69) is 14.8 Å². The topological polar surface area (TPSA) is 47.1 Å². The van der Waals surface area contributed by atoms with Crippen LogP contribution in [0, 0.1) is 0 Å². The van der Waals surface area contributed by atoms with Gasteiger partial charge in [0.05, 0.1) is 0 Å². The molecule has 0 unspecified atom stereocenters. The molecule has 6 nitrogen and oxygen atoms in total. The van der Waals surface area contributed by atoms with Crippen molar-refractivity contribution >= 4 is 5.82 Å². The number of nitrogens with zero attached hydrogens (tertiary/aromatic N) is 3. The number of aromatic nitrogens is 1. The minimum absolute atomic E-state index is 0.146. The fourth-order valence-corrected chi connectivity index (χ4v) is 3.62. The molecule has 3 heterocycles. The molecule has 1 aromatic rings. The Morgan fingerprint density at radius 2 is 1.92 bits per heavy atom. The summed E-state index contributed by atoms with van der Waals surface area (Å²) >= 11 is 0. The fourth-order valence-electron chi connectivity index (χ4n) is 3.62. The van der Waals surface area contributed by atoms with E-state index in [9.17, 15) is 0 Å². The van der Waals surface area contributed by atoms with E-state index in [4.69, 9.17) is 14.2 Å². The molecule has 2 aliphatic heterocycles. The van der Waals surface area contributed by atoms with Crippen LogP contribution in [0.5, 0.6) is 5.75 Å². The van der Waals surface area contributed by atoms with Gasteiger partial charge >= 0.3 is 0 Å². The fraction of sp³-hybridized carbons (Fsp3) is 0.737. The molecule has 6 heteroatoms. The van der Waals surface area contributed by atoms with Gasteiger partial charge in [0, 0.05) is 52.1 Å². The molecule has 0 saturated carbocycles. The summed E-state index contributed by atoms with van der Waals surface area (Å²) in [6.45, 7) is 10.2. The van der Waals surface area contributed by atoms with E-state index in [1.54, 1.807) is 0 Å². The molecular formula is C19H31N3O3. The smallest absolute Gasteiger partial charge is 0.171 e. The first kappa shape index (κ1) is 18.4. The SMILES string of the molecule is CCOC(CN1CC[C@H](Oc2cccnc2N2CCCC2)C1)OCC. The quantitative estimate of drug-likeness (QED) is 0.639. The Labute approximate surface area is 151 Å². The first-order valence-electron chi connectivity index (χ1n) is 9.62. The molecule has 1 atom stereocenters. The first-order chi connectivity index (χ1) is 12.3. The summed E-state index contributed by atoms with van der Waals surface area (Å²) in [5.41, 5.74) is 0. The number of ether oxygens (including phenoxy) is 3. The molecule has 0 N–H and O–H groups in total. The molecule has 0 spiro atoms. The van der Waals surface area contributed by atoms with Crippen LogP contribution in [-0.2, 0) is 9.47 Å². The maximum Gasteiger partial charge on any atom is 0.171 e. The van der Waals surface area contributed by atoms with Gasteiger partial charge in [-0.3, -0.25) is 4.90 Å². The Morgan fingerprint density at radius 3 is 2.64 bits per heavy atom. The second kappa shape index (κ2) is 9.36. The van der Waals surface area contributed by atoms with Crippen LogP contribution >= 0.6 is 0 Å². The molecule has 2 saturated heterocycles. The van der Waals surface area contributed by atoms with Crippen molar-refractivity contribution in [3.05, 3.63) is 18.3 Å². The molecule has 0 amide bonds. The molecule has 140 valence electrons. The molecule has 1 aromatic heterocycles. The Kier molecular flexibility index (Phi) is 6.90. The van der Waals surface area contributed by atoms with Gasteiger partial charge in [0.1, 0.15) is 6.10 Å². The first-order valence-corrected chi connectivity index (χ1v) is 9.62. The number of anilines is 1. The lowest BCUT2D eigenvalue weighted by Gasteiger charge is -2.24. The zero-order valence-electron chi connectivity index (χ0n) is 15.5. The van der Waals surface area contributed by atoms with Gasteiger partial charge < -0.3 is 19.1 Å². The Morgan fingerprint density at radius 1 is 1.16 bits per heavy atom. The molecule has 2 aliphatic rings. The van der Waals surface area contributed by atoms with E-state index in [1.807, 2.05) is 32.2 Å². The predicted molar refractivity (Wildman–Crippen MR) is 98.2 cm³/mol. The standard InChI is InChI=1S/C19H31N3O3/c1-3-23-18(24-4-2)15-21-13-9-16(14-21)25-17-8-7-10-20-19(17)22-11-5-6-12-22/h7-8,10,16,18H,3-6,9,11-15H2,1-2H3/t16-/m0/s1. The average molecular weight is 349 g/mol. The number of rotatable bonds is 9. The number of pyridine rings is 1. The van der Waals surface area contributed by atoms with Gasteiger partial charge in [0.25, 0.3) is 0 Å². The Bertz CT molecular complexity index is 516. The highest BCUT2D eigenvalue weighted by Gasteiger charge is 2.28. The van der Waals surface area contributed by atoms with Crippen molar-refractivity contribution in [2.45, 2.75) is 45.5 Å². The van der Waals surface area contributed by atoms with Crippen LogP contribution in [0.15, 0.2) is 18.3 Å². The van der Waals surface area contributed by atoms with Gasteiger partial charge in [-0.05, 0) is 45.2 Å². The van der Waals surface area contributed by atoms with Crippen LogP contribution < -0.4 is 9.64 Å². The summed E-state index contributed by atoms with van der Waals surface area (Å²) in [7, 11) is 0. The lowest BCUT2D eigenvalue weighted by molar-refractivity contribution is -0.145. The van der Waals surface area contributed by atoms with Crippen molar-refractivity contribution in [3.63, 3.8) is 0 Å². The summed E-state index contributed by atoms with van der Waals surface area (Å²) < 4.78 is 17.6. The largest absolute Gasteiger partial charge is 0.485 e. The lowest BCUT2D eigenvalue weighted by atomic mass is 10.3. The number of hydrogen-bond acceptors (Lipinski definition) is 6. The van der Waals surface area contributed by atoms with Gasteiger partial charge in [-0.2, -0.15) is 0 Å². The molecule has 0 aliphatic carbocycles. The van der Waals surface area contributed by atoms with E-state index in [0.717, 1.165) is 50.7 Å². The van der Waals surface area contributed by atoms with Gasteiger partial charge in [-0.1, -0.05) is 0 Å². The zero-order chi connectivity index (χ0) is 17.5. The molecule has 25 heavy (non-hydrogen) atoms. The van der Waals surface area contributed by atoms with Gasteiger partial charge in [-0.15, -0.1) is 0 Å². The molecule has 2 fully saturated rings. The molecule has 0 radical (unpaired) electrons. The third-order valence-electron chi connectivity index (χ3n) is 4.79. The molecule has 3 rings (SSSR count). The Hall–Kier alpha value is -1.37. The van der Waals surface area contributed by atoms with Crippen LogP contribution in [-0.4, -0.2) is 68.2 Å². The predicted octanol–water partition coefficient (Wildman–Crippen LogP) is 2.53. The maximum atomic E-state index is 6.32. The van der Waals surface area contributed by atoms with Crippen molar-refractivity contribution in [1.29, 1.82) is 0 Å². The van der Waals surface area contributed by atoms with Gasteiger partial charge in [0.15, 0.2) is 17.9 Å². The highest BCUT2D eigenvalue weighted by Crippen LogP contribution is 2.30. The van der Waals surface area contributed by atoms with Crippen LogP contribution in [0.25, 0.3) is 0 Å². The highest BCUT2D eigenvalue weighted by atomic mass is 16.7. The Balaban J connectivity index is 1.55. The summed E-state index contributed by atoms with van der Waals surface area (Å²) in [5, 5.41) is 0. The van der Waals surface area contributed by atoms with E-state index in [-0.39, 0.29) is 12.4 Å². The van der Waals surface area contributed by atoms with Crippen LogP contribution in [0.4, 0.5) is 5.82 Å². The van der Waals surface area contributed by atoms with E-state index < -0.39 is 0 Å². The summed E-state index contributed by atoms with van der Waals surface area (Å²) in [4.78, 5) is 9.27. The van der Waals surface area contributed by atoms with Crippen LogP contribution in [0.2, 0.25) is 0 Å². The minimum atomic E-state index is -0.146. The zero-order valence-corrected chi connectivity index (χ0v) is 15.5. The molecular weight excluding hydrogens is 318 g/mol. The van der Waals surface area contributed by atoms with Crippen molar-refractivity contribution in [2.24, 2.45) is 0 Å². The van der Waals surface area contributed by atoms with Crippen molar-refractivity contribution < 1.29 is 14.2 Å². The van der Waals surface area contributed by atoms with Crippen molar-refractivity contribution in [3.8, 4) is 5.75 Å². The number of hydrogen-bond donors (Lipinski definition) is 0. The van der Waals surface area contributed by atoms with Crippen molar-refractivity contribution in [1.82, 2.24) is 9.88 Å². The van der Waals surface area contributed by atoms with Gasteiger partial charge in [-0.25, -0.2) is 4.98 Å².